The second kappa shape index (κ2) is 7.47. The normalized spacial score (nSPS) is 10.4. The summed E-state index contributed by atoms with van der Waals surface area (Å²) in [5.74, 6) is 1.18. The van der Waals surface area contributed by atoms with Crippen LogP contribution in [0.5, 0.6) is 5.88 Å². The van der Waals surface area contributed by atoms with Crippen LogP contribution in [-0.2, 0) is 6.42 Å². The summed E-state index contributed by atoms with van der Waals surface area (Å²) in [4.78, 5) is 10.4. The molecule has 1 aromatic heterocycles. The van der Waals surface area contributed by atoms with Crippen LogP contribution in [0.2, 0.25) is 0 Å². The number of nitrogen functional groups attached to an aromatic ring is 1. The van der Waals surface area contributed by atoms with E-state index in [4.69, 9.17) is 10.5 Å². The van der Waals surface area contributed by atoms with Gasteiger partial charge in [-0.15, -0.1) is 0 Å². The summed E-state index contributed by atoms with van der Waals surface area (Å²) in [5.41, 5.74) is 7.91. The second-order valence-electron chi connectivity index (χ2n) is 4.86. The first-order valence-corrected chi connectivity index (χ1v) is 7.20. The molecule has 0 spiro atoms. The Morgan fingerprint density at radius 1 is 1.19 bits per heavy atom. The van der Waals surface area contributed by atoms with E-state index in [-0.39, 0.29) is 0 Å². The van der Waals surface area contributed by atoms with E-state index in [2.05, 4.69) is 34.2 Å². The molecule has 0 radical (unpaired) electrons. The fourth-order valence-corrected chi connectivity index (χ4v) is 2.20. The minimum absolute atomic E-state index is 0.456. The van der Waals surface area contributed by atoms with Crippen LogP contribution < -0.4 is 15.4 Å². The van der Waals surface area contributed by atoms with Gasteiger partial charge in [0.25, 0.3) is 0 Å². The fraction of sp³-hybridized carbons (Fsp3) is 0.375. The average Bonchev–Trinajstić information content (AvgIpc) is 2.50. The summed E-state index contributed by atoms with van der Waals surface area (Å²) in [6.07, 6.45) is 3.56. The third kappa shape index (κ3) is 4.08. The number of ether oxygens (including phenoxy) is 1. The Morgan fingerprint density at radius 2 is 1.95 bits per heavy atom. The van der Waals surface area contributed by atoms with Gasteiger partial charge in [0.05, 0.1) is 6.61 Å². The highest BCUT2D eigenvalue weighted by Crippen LogP contribution is 2.27. The van der Waals surface area contributed by atoms with Crippen molar-refractivity contribution in [1.29, 1.82) is 0 Å². The van der Waals surface area contributed by atoms with E-state index >= 15 is 0 Å². The van der Waals surface area contributed by atoms with E-state index in [9.17, 15) is 0 Å². The van der Waals surface area contributed by atoms with Crippen molar-refractivity contribution in [1.82, 2.24) is 9.97 Å². The van der Waals surface area contributed by atoms with E-state index in [0.717, 1.165) is 25.2 Å². The molecule has 0 aliphatic carbocycles. The standard InChI is InChI=1S/C16H22N4O/c1-3-21-16-14(17)15(18-12-19-16)20(2)11-7-10-13-8-5-4-6-9-13/h4-6,8-9,12H,3,7,10-11,17H2,1-2H3. The zero-order chi connectivity index (χ0) is 15.1. The summed E-state index contributed by atoms with van der Waals surface area (Å²) in [5, 5.41) is 0. The Hall–Kier alpha value is -2.30. The summed E-state index contributed by atoms with van der Waals surface area (Å²) in [6.45, 7) is 3.32. The number of anilines is 2. The van der Waals surface area contributed by atoms with Crippen molar-refractivity contribution in [3.8, 4) is 5.88 Å². The van der Waals surface area contributed by atoms with Crippen molar-refractivity contribution in [2.24, 2.45) is 0 Å². The highest BCUT2D eigenvalue weighted by atomic mass is 16.5. The zero-order valence-corrected chi connectivity index (χ0v) is 12.6. The smallest absolute Gasteiger partial charge is 0.242 e. The lowest BCUT2D eigenvalue weighted by Crippen LogP contribution is -2.22. The molecule has 0 saturated heterocycles. The lowest BCUT2D eigenvalue weighted by Gasteiger charge is -2.20. The molecule has 2 aromatic rings. The molecule has 5 heteroatoms. The molecule has 2 N–H and O–H groups in total. The maximum atomic E-state index is 6.06. The number of nitrogens with zero attached hydrogens (tertiary/aromatic N) is 3. The molecule has 1 aromatic carbocycles. The van der Waals surface area contributed by atoms with Gasteiger partial charge in [0.15, 0.2) is 5.82 Å². The number of aryl methyl sites for hydroxylation is 1. The summed E-state index contributed by atoms with van der Waals surface area (Å²) in [7, 11) is 1.99. The highest BCUT2D eigenvalue weighted by Gasteiger charge is 2.12. The van der Waals surface area contributed by atoms with Gasteiger partial charge in [-0.3, -0.25) is 0 Å². The molecule has 2 rings (SSSR count). The zero-order valence-electron chi connectivity index (χ0n) is 12.6. The van der Waals surface area contributed by atoms with E-state index < -0.39 is 0 Å². The largest absolute Gasteiger partial charge is 0.476 e. The predicted molar refractivity (Wildman–Crippen MR) is 85.6 cm³/mol. The topological polar surface area (TPSA) is 64.3 Å². The minimum Gasteiger partial charge on any atom is -0.476 e. The van der Waals surface area contributed by atoms with Crippen molar-refractivity contribution >= 4 is 11.5 Å². The molecule has 0 fully saturated rings. The molecule has 112 valence electrons. The average molecular weight is 286 g/mol. The molecule has 5 nitrogen and oxygen atoms in total. The van der Waals surface area contributed by atoms with Crippen LogP contribution in [0.15, 0.2) is 36.7 Å². The minimum atomic E-state index is 0.456. The molecule has 0 amide bonds. The van der Waals surface area contributed by atoms with E-state index in [1.54, 1.807) is 0 Å². The van der Waals surface area contributed by atoms with Gasteiger partial charge in [-0.05, 0) is 25.3 Å². The SMILES string of the molecule is CCOc1ncnc(N(C)CCCc2ccccc2)c1N. The van der Waals surface area contributed by atoms with E-state index in [1.165, 1.54) is 11.9 Å². The maximum absolute atomic E-state index is 6.06. The Labute approximate surface area is 125 Å². The summed E-state index contributed by atoms with van der Waals surface area (Å²) < 4.78 is 5.40. The first-order chi connectivity index (χ1) is 10.2. The van der Waals surface area contributed by atoms with Gasteiger partial charge in [0.1, 0.15) is 12.0 Å². The molecule has 21 heavy (non-hydrogen) atoms. The first kappa shape index (κ1) is 15.1. The number of benzene rings is 1. The summed E-state index contributed by atoms with van der Waals surface area (Å²) >= 11 is 0. The van der Waals surface area contributed by atoms with Crippen LogP contribution in [0.4, 0.5) is 11.5 Å². The molecule has 0 aliphatic heterocycles. The maximum Gasteiger partial charge on any atom is 0.242 e. The number of hydrogen-bond acceptors (Lipinski definition) is 5. The monoisotopic (exact) mass is 286 g/mol. The van der Waals surface area contributed by atoms with Gasteiger partial charge in [0.2, 0.25) is 5.88 Å². The quantitative estimate of drug-likeness (QED) is 0.847. The Bertz CT molecular complexity index is 559. The van der Waals surface area contributed by atoms with E-state index in [1.807, 2.05) is 24.9 Å². The third-order valence-corrected chi connectivity index (χ3v) is 3.27. The predicted octanol–water partition coefficient (Wildman–Crippen LogP) is 2.53. The molecule has 0 atom stereocenters. The van der Waals surface area contributed by atoms with Crippen LogP contribution >= 0.6 is 0 Å². The molecule has 0 unspecified atom stereocenters. The Morgan fingerprint density at radius 3 is 2.67 bits per heavy atom. The van der Waals surface area contributed by atoms with Crippen LogP contribution in [0.3, 0.4) is 0 Å². The van der Waals surface area contributed by atoms with Gasteiger partial charge in [0, 0.05) is 13.6 Å². The van der Waals surface area contributed by atoms with Gasteiger partial charge in [-0.2, -0.15) is 4.98 Å². The second-order valence-corrected chi connectivity index (χ2v) is 4.86. The number of nitrogens with two attached hydrogens (primary N) is 1. The number of rotatable bonds is 7. The van der Waals surface area contributed by atoms with Gasteiger partial charge < -0.3 is 15.4 Å². The van der Waals surface area contributed by atoms with Crippen molar-refractivity contribution in [2.75, 3.05) is 30.8 Å². The molecule has 1 heterocycles. The fourth-order valence-electron chi connectivity index (χ4n) is 2.20. The first-order valence-electron chi connectivity index (χ1n) is 7.20. The molecule has 0 saturated carbocycles. The van der Waals surface area contributed by atoms with Crippen molar-refractivity contribution in [2.45, 2.75) is 19.8 Å². The van der Waals surface area contributed by atoms with Crippen molar-refractivity contribution < 1.29 is 4.74 Å². The lowest BCUT2D eigenvalue weighted by atomic mass is 10.1. The Kier molecular flexibility index (Phi) is 5.37. The molecular weight excluding hydrogens is 264 g/mol. The third-order valence-electron chi connectivity index (χ3n) is 3.27. The molecular formula is C16H22N4O. The van der Waals surface area contributed by atoms with Crippen LogP contribution in [0.1, 0.15) is 18.9 Å². The van der Waals surface area contributed by atoms with Crippen molar-refractivity contribution in [3.05, 3.63) is 42.2 Å². The van der Waals surface area contributed by atoms with Crippen molar-refractivity contribution in [3.63, 3.8) is 0 Å². The number of hydrogen-bond donors (Lipinski definition) is 1. The molecule has 0 aliphatic rings. The van der Waals surface area contributed by atoms with Gasteiger partial charge in [-0.1, -0.05) is 30.3 Å². The lowest BCUT2D eigenvalue weighted by molar-refractivity contribution is 0.328. The number of aromatic nitrogens is 2. The van der Waals surface area contributed by atoms with E-state index in [0.29, 0.717) is 18.2 Å². The summed E-state index contributed by atoms with van der Waals surface area (Å²) in [6, 6.07) is 10.5. The Balaban J connectivity index is 1.94. The van der Waals surface area contributed by atoms with Gasteiger partial charge >= 0.3 is 0 Å². The van der Waals surface area contributed by atoms with Crippen LogP contribution in [0.25, 0.3) is 0 Å². The highest BCUT2D eigenvalue weighted by molar-refractivity contribution is 5.67. The van der Waals surface area contributed by atoms with Gasteiger partial charge in [-0.25, -0.2) is 4.98 Å². The van der Waals surface area contributed by atoms with Crippen LogP contribution in [0, 0.1) is 0 Å². The van der Waals surface area contributed by atoms with Crippen LogP contribution in [-0.4, -0.2) is 30.2 Å². The molecule has 0 bridgehead atoms.